The number of hydrogen-bond acceptors (Lipinski definition) is 0. The van der Waals surface area contributed by atoms with Crippen molar-refractivity contribution < 1.29 is 4.39 Å². The first-order valence-electron chi connectivity index (χ1n) is 1.47. The van der Waals surface area contributed by atoms with Crippen molar-refractivity contribution in [3.05, 3.63) is 0 Å². The Balaban J connectivity index is -0.0000000450. The van der Waals surface area contributed by atoms with Gasteiger partial charge in [0.15, 0.2) is 0 Å². The first-order valence-corrected chi connectivity index (χ1v) is 1.47. The standard InChI is InChI=1S/C3H7F.2ClH/c1-2-3-4;;/h2-3H2,1H3;2*1H. The molecule has 0 unspecified atom stereocenters. The molecule has 0 amide bonds. The maximum Gasteiger partial charge on any atom is 0.0891 e. The quantitative estimate of drug-likeness (QED) is 0.517. The van der Waals surface area contributed by atoms with E-state index in [0.717, 1.165) is 0 Å². The smallest absolute Gasteiger partial charge is 0.0891 e. The summed E-state index contributed by atoms with van der Waals surface area (Å²) in [4.78, 5) is 0. The van der Waals surface area contributed by atoms with Crippen molar-refractivity contribution in [2.45, 2.75) is 13.3 Å². The first-order chi connectivity index (χ1) is 1.91. The fraction of sp³-hybridized carbons (Fsp3) is 1.00. The van der Waals surface area contributed by atoms with Gasteiger partial charge in [-0.1, -0.05) is 6.92 Å². The minimum absolute atomic E-state index is 0. The van der Waals surface area contributed by atoms with Gasteiger partial charge in [-0.15, -0.1) is 24.8 Å². The van der Waals surface area contributed by atoms with E-state index in [2.05, 4.69) is 0 Å². The Hall–Kier alpha value is 0.510. The summed E-state index contributed by atoms with van der Waals surface area (Å²) in [6, 6.07) is 0. The maximum atomic E-state index is 10.7. The van der Waals surface area contributed by atoms with Gasteiger partial charge in [0.2, 0.25) is 0 Å². The molecule has 0 aromatic carbocycles. The van der Waals surface area contributed by atoms with Gasteiger partial charge in [0, 0.05) is 0 Å². The zero-order valence-electron chi connectivity index (χ0n) is 3.61. The first kappa shape index (κ1) is 16.0. The summed E-state index contributed by atoms with van der Waals surface area (Å²) in [5.74, 6) is 0. The van der Waals surface area contributed by atoms with Crippen molar-refractivity contribution in [3.63, 3.8) is 0 Å². The Morgan fingerprint density at radius 3 is 1.50 bits per heavy atom. The average molecular weight is 135 g/mol. The molecule has 0 spiro atoms. The monoisotopic (exact) mass is 134 g/mol. The Morgan fingerprint density at radius 2 is 1.50 bits per heavy atom. The van der Waals surface area contributed by atoms with E-state index in [1.165, 1.54) is 0 Å². The van der Waals surface area contributed by atoms with Crippen molar-refractivity contribution >= 4 is 24.8 Å². The summed E-state index contributed by atoms with van der Waals surface area (Å²) in [6.07, 6.45) is 0.653. The van der Waals surface area contributed by atoms with E-state index in [-0.39, 0.29) is 31.5 Å². The Kier molecular flexibility index (Phi) is 47.6. The summed E-state index contributed by atoms with van der Waals surface area (Å²) in [5, 5.41) is 0. The van der Waals surface area contributed by atoms with Crippen LogP contribution in [0.2, 0.25) is 0 Å². The molecule has 0 nitrogen and oxygen atoms in total. The molecule has 3 heteroatoms. The lowest BCUT2D eigenvalue weighted by molar-refractivity contribution is 0.487. The normalized spacial score (nSPS) is 5.00. The second-order valence-corrected chi connectivity index (χ2v) is 0.689. The van der Waals surface area contributed by atoms with Gasteiger partial charge in [-0.05, 0) is 6.42 Å². The van der Waals surface area contributed by atoms with Gasteiger partial charge in [-0.2, -0.15) is 0 Å². The van der Waals surface area contributed by atoms with Crippen molar-refractivity contribution in [1.82, 2.24) is 0 Å². The van der Waals surface area contributed by atoms with Crippen LogP contribution in [0.4, 0.5) is 4.39 Å². The molecule has 0 aliphatic carbocycles. The lowest BCUT2D eigenvalue weighted by atomic mass is 10.6. The molecule has 0 aliphatic rings. The molecule has 0 aromatic heterocycles. The van der Waals surface area contributed by atoms with Crippen LogP contribution in [-0.4, -0.2) is 6.67 Å². The molecule has 0 rings (SSSR count). The van der Waals surface area contributed by atoms with Gasteiger partial charge >= 0.3 is 0 Å². The highest BCUT2D eigenvalue weighted by atomic mass is 35.5. The zero-order valence-corrected chi connectivity index (χ0v) is 5.24. The molecule has 0 atom stereocenters. The minimum Gasteiger partial charge on any atom is -0.251 e. The van der Waals surface area contributed by atoms with E-state index in [0.29, 0.717) is 6.42 Å². The summed E-state index contributed by atoms with van der Waals surface area (Å²) in [6.45, 7) is 1.62. The van der Waals surface area contributed by atoms with E-state index in [9.17, 15) is 4.39 Å². The third-order valence-electron chi connectivity index (χ3n) is 0.189. The second kappa shape index (κ2) is 17.8. The van der Waals surface area contributed by atoms with Crippen molar-refractivity contribution in [2.24, 2.45) is 0 Å². The highest BCUT2D eigenvalue weighted by Gasteiger charge is 1.60. The molecular weight excluding hydrogens is 126 g/mol. The highest BCUT2D eigenvalue weighted by Crippen LogP contribution is 1.69. The van der Waals surface area contributed by atoms with Crippen LogP contribution >= 0.6 is 24.8 Å². The zero-order chi connectivity index (χ0) is 3.41. The minimum atomic E-state index is -0.181. The molecule has 6 heavy (non-hydrogen) atoms. The fourth-order valence-electron chi connectivity index (χ4n) is 0. The van der Waals surface area contributed by atoms with E-state index in [4.69, 9.17) is 0 Å². The van der Waals surface area contributed by atoms with Crippen molar-refractivity contribution in [3.8, 4) is 0 Å². The van der Waals surface area contributed by atoms with Crippen LogP contribution in [0.3, 0.4) is 0 Å². The van der Waals surface area contributed by atoms with Crippen LogP contribution in [0.5, 0.6) is 0 Å². The number of alkyl halides is 1. The number of hydrogen-bond donors (Lipinski definition) is 0. The van der Waals surface area contributed by atoms with E-state index < -0.39 is 0 Å². The van der Waals surface area contributed by atoms with Gasteiger partial charge in [-0.3, -0.25) is 4.39 Å². The molecular formula is C3H9Cl2F. The molecule has 0 radical (unpaired) electrons. The third kappa shape index (κ3) is 24.4. The van der Waals surface area contributed by atoms with Crippen LogP contribution in [0, 0.1) is 0 Å². The Labute approximate surface area is 49.9 Å². The fourth-order valence-corrected chi connectivity index (χ4v) is 0. The van der Waals surface area contributed by atoms with Crippen molar-refractivity contribution in [1.29, 1.82) is 0 Å². The summed E-state index contributed by atoms with van der Waals surface area (Å²) < 4.78 is 10.7. The molecule has 0 N–H and O–H groups in total. The summed E-state index contributed by atoms with van der Waals surface area (Å²) >= 11 is 0. The topological polar surface area (TPSA) is 0 Å². The van der Waals surface area contributed by atoms with Crippen LogP contribution in [0.25, 0.3) is 0 Å². The van der Waals surface area contributed by atoms with Gasteiger partial charge < -0.3 is 0 Å². The van der Waals surface area contributed by atoms with Gasteiger partial charge in [-0.25, -0.2) is 0 Å². The summed E-state index contributed by atoms with van der Waals surface area (Å²) in [7, 11) is 0. The predicted octanol–water partition coefficient (Wildman–Crippen LogP) is 2.21. The van der Waals surface area contributed by atoms with Crippen LogP contribution in [-0.2, 0) is 0 Å². The number of halogens is 3. The van der Waals surface area contributed by atoms with Crippen LogP contribution in [0.15, 0.2) is 0 Å². The molecule has 0 fully saturated rings. The van der Waals surface area contributed by atoms with Gasteiger partial charge in [0.05, 0.1) is 6.67 Å². The summed E-state index contributed by atoms with van der Waals surface area (Å²) in [5.41, 5.74) is 0. The van der Waals surface area contributed by atoms with Crippen molar-refractivity contribution in [2.75, 3.05) is 6.67 Å². The molecule has 0 heterocycles. The predicted molar refractivity (Wildman–Crippen MR) is 30.8 cm³/mol. The Morgan fingerprint density at radius 1 is 1.33 bits per heavy atom. The average Bonchev–Trinajstić information content (AvgIpc) is 1.37. The third-order valence-corrected chi connectivity index (χ3v) is 0.189. The number of rotatable bonds is 1. The molecule has 0 saturated carbocycles. The molecule has 0 saturated heterocycles. The maximum absolute atomic E-state index is 10.7. The largest absolute Gasteiger partial charge is 0.251 e. The molecule has 42 valence electrons. The van der Waals surface area contributed by atoms with Gasteiger partial charge in [0.25, 0.3) is 0 Å². The lowest BCUT2D eigenvalue weighted by Gasteiger charge is -1.64. The Bertz CT molecular complexity index is 10.8. The lowest BCUT2D eigenvalue weighted by Crippen LogP contribution is -1.58. The van der Waals surface area contributed by atoms with E-state index >= 15 is 0 Å². The molecule has 0 aromatic rings. The van der Waals surface area contributed by atoms with Gasteiger partial charge in [0.1, 0.15) is 0 Å². The SMILES string of the molecule is CCCF.Cl.Cl. The van der Waals surface area contributed by atoms with E-state index in [1.54, 1.807) is 6.92 Å². The second-order valence-electron chi connectivity index (χ2n) is 0.689. The highest BCUT2D eigenvalue weighted by molar-refractivity contribution is 5.85. The molecule has 0 bridgehead atoms. The van der Waals surface area contributed by atoms with Crippen LogP contribution < -0.4 is 0 Å². The molecule has 0 aliphatic heterocycles. The van der Waals surface area contributed by atoms with Crippen LogP contribution in [0.1, 0.15) is 13.3 Å². The van der Waals surface area contributed by atoms with E-state index in [1.807, 2.05) is 0 Å².